The van der Waals surface area contributed by atoms with E-state index in [9.17, 15) is 8.78 Å². The van der Waals surface area contributed by atoms with E-state index in [2.05, 4.69) is 11.6 Å². The molecule has 0 fully saturated rings. The molecule has 0 aliphatic rings. The molecule has 0 spiro atoms. The number of nitrogens with zero attached hydrogens (tertiary/aromatic N) is 3. The molecule has 1 aromatic carbocycles. The number of aromatic nitrogens is 2. The molecule has 1 aromatic heterocycles. The molecule has 0 aliphatic heterocycles. The Kier molecular flexibility index (Phi) is 5.19. The van der Waals surface area contributed by atoms with Crippen LogP contribution in [0.4, 0.5) is 8.78 Å². The lowest BCUT2D eigenvalue weighted by Crippen LogP contribution is -2.17. The van der Waals surface area contributed by atoms with Crippen LogP contribution in [0.5, 0.6) is 0 Å². The van der Waals surface area contributed by atoms with Crippen molar-refractivity contribution in [2.24, 2.45) is 0 Å². The topological polar surface area (TPSA) is 41.6 Å². The van der Waals surface area contributed by atoms with E-state index in [0.717, 1.165) is 10.6 Å². The van der Waals surface area contributed by atoms with Crippen LogP contribution in [-0.2, 0) is 0 Å². The molecule has 0 amide bonds. The van der Waals surface area contributed by atoms with Gasteiger partial charge in [0, 0.05) is 23.8 Å². The standard InChI is InChI=1S/C16H11Cl2F2N3/c1-11(13-4-2-12(10-21)3-5-13)15-22-8-9-23(15)14(6-7-17)16(18,19)20/h2-6,8-9H,1,7H2/b14-6-. The number of imidazole rings is 1. The first kappa shape index (κ1) is 17.2. The van der Waals surface area contributed by atoms with Crippen molar-refractivity contribution in [1.29, 1.82) is 5.26 Å². The zero-order valence-corrected chi connectivity index (χ0v) is 13.3. The Hall–Kier alpha value is -2.16. The minimum Gasteiger partial charge on any atom is -0.297 e. The fourth-order valence-electron chi connectivity index (χ4n) is 2.02. The van der Waals surface area contributed by atoms with E-state index >= 15 is 0 Å². The molecule has 0 radical (unpaired) electrons. The van der Waals surface area contributed by atoms with Gasteiger partial charge >= 0.3 is 5.38 Å². The number of halogens is 4. The number of rotatable bonds is 5. The zero-order chi connectivity index (χ0) is 17.0. The van der Waals surface area contributed by atoms with E-state index in [0.29, 0.717) is 16.7 Å². The first-order chi connectivity index (χ1) is 10.9. The van der Waals surface area contributed by atoms with Crippen LogP contribution in [0.1, 0.15) is 17.0 Å². The summed E-state index contributed by atoms with van der Waals surface area (Å²) in [7, 11) is 0. The van der Waals surface area contributed by atoms with Gasteiger partial charge in [-0.3, -0.25) is 4.57 Å². The predicted octanol–water partition coefficient (Wildman–Crippen LogP) is 4.73. The fraction of sp³-hybridized carbons (Fsp3) is 0.125. The third-order valence-corrected chi connectivity index (χ3v) is 3.44. The number of nitriles is 1. The van der Waals surface area contributed by atoms with Gasteiger partial charge in [-0.2, -0.15) is 14.0 Å². The van der Waals surface area contributed by atoms with Crippen LogP contribution in [0.2, 0.25) is 0 Å². The van der Waals surface area contributed by atoms with E-state index in [4.69, 9.17) is 28.5 Å². The Morgan fingerprint density at radius 3 is 2.57 bits per heavy atom. The van der Waals surface area contributed by atoms with Gasteiger partial charge in [-0.1, -0.05) is 18.7 Å². The van der Waals surface area contributed by atoms with Crippen molar-refractivity contribution in [3.05, 3.63) is 66.3 Å². The van der Waals surface area contributed by atoms with Crippen molar-refractivity contribution >= 4 is 34.5 Å². The molecule has 3 nitrogen and oxygen atoms in total. The van der Waals surface area contributed by atoms with Gasteiger partial charge in [0.15, 0.2) is 0 Å². The molecule has 2 rings (SSSR count). The Labute approximate surface area is 142 Å². The van der Waals surface area contributed by atoms with Crippen LogP contribution in [0, 0.1) is 11.3 Å². The molecule has 0 N–H and O–H groups in total. The number of alkyl halides is 4. The second-order valence-corrected chi connectivity index (χ2v) is 5.31. The van der Waals surface area contributed by atoms with E-state index in [-0.39, 0.29) is 11.7 Å². The summed E-state index contributed by atoms with van der Waals surface area (Å²) >= 11 is 10.7. The summed E-state index contributed by atoms with van der Waals surface area (Å²) in [6.07, 6.45) is 3.85. The molecule has 23 heavy (non-hydrogen) atoms. The van der Waals surface area contributed by atoms with Crippen LogP contribution < -0.4 is 0 Å². The van der Waals surface area contributed by atoms with Crippen molar-refractivity contribution in [1.82, 2.24) is 9.55 Å². The van der Waals surface area contributed by atoms with Gasteiger partial charge in [0.2, 0.25) is 0 Å². The number of hydrogen-bond acceptors (Lipinski definition) is 2. The van der Waals surface area contributed by atoms with Crippen molar-refractivity contribution in [2.45, 2.75) is 5.38 Å². The normalized spacial score (nSPS) is 12.0. The Morgan fingerprint density at radius 1 is 1.39 bits per heavy atom. The second-order valence-electron chi connectivity index (χ2n) is 4.53. The smallest absolute Gasteiger partial charge is 0.297 e. The van der Waals surface area contributed by atoms with E-state index in [1.54, 1.807) is 24.3 Å². The highest BCUT2D eigenvalue weighted by molar-refractivity contribution is 6.27. The zero-order valence-electron chi connectivity index (χ0n) is 11.8. The average molecular weight is 354 g/mol. The summed E-state index contributed by atoms with van der Waals surface area (Å²) in [6, 6.07) is 8.57. The van der Waals surface area contributed by atoms with Crippen LogP contribution >= 0.6 is 23.2 Å². The number of benzene rings is 1. The second kappa shape index (κ2) is 6.95. The molecular formula is C16H11Cl2F2N3. The van der Waals surface area contributed by atoms with E-state index < -0.39 is 11.1 Å². The van der Waals surface area contributed by atoms with Crippen LogP contribution in [0.15, 0.2) is 49.3 Å². The van der Waals surface area contributed by atoms with Gasteiger partial charge in [-0.15, -0.1) is 11.6 Å². The SMILES string of the molecule is C=C(c1ccc(C#N)cc1)c1nccn1/C(=C\CCl)C(F)(F)Cl. The van der Waals surface area contributed by atoms with Crippen LogP contribution in [0.25, 0.3) is 11.3 Å². The lowest BCUT2D eigenvalue weighted by molar-refractivity contribution is 0.157. The molecule has 0 bridgehead atoms. The molecule has 0 aliphatic carbocycles. The van der Waals surface area contributed by atoms with Crippen LogP contribution in [-0.4, -0.2) is 20.8 Å². The first-order valence-corrected chi connectivity index (χ1v) is 7.36. The third kappa shape index (κ3) is 3.79. The van der Waals surface area contributed by atoms with Crippen molar-refractivity contribution in [2.75, 3.05) is 5.88 Å². The maximum Gasteiger partial charge on any atom is 0.362 e. The monoisotopic (exact) mass is 353 g/mol. The van der Waals surface area contributed by atoms with Crippen LogP contribution in [0.3, 0.4) is 0 Å². The van der Waals surface area contributed by atoms with Gasteiger partial charge in [-0.05, 0) is 35.4 Å². The van der Waals surface area contributed by atoms with Gasteiger partial charge < -0.3 is 0 Å². The predicted molar refractivity (Wildman–Crippen MR) is 87.3 cm³/mol. The lowest BCUT2D eigenvalue weighted by Gasteiger charge is -2.17. The van der Waals surface area contributed by atoms with E-state index in [1.165, 1.54) is 12.4 Å². The molecule has 0 atom stereocenters. The highest BCUT2D eigenvalue weighted by Crippen LogP contribution is 2.34. The largest absolute Gasteiger partial charge is 0.362 e. The Morgan fingerprint density at radius 2 is 2.04 bits per heavy atom. The summed E-state index contributed by atoms with van der Waals surface area (Å²) in [5, 5.41) is 5.21. The van der Waals surface area contributed by atoms with Crippen molar-refractivity contribution in [3.63, 3.8) is 0 Å². The van der Waals surface area contributed by atoms with Gasteiger partial charge in [-0.25, -0.2) is 4.98 Å². The highest BCUT2D eigenvalue weighted by Gasteiger charge is 2.33. The summed E-state index contributed by atoms with van der Waals surface area (Å²) < 4.78 is 28.4. The highest BCUT2D eigenvalue weighted by atomic mass is 35.5. The maximum absolute atomic E-state index is 13.6. The quantitative estimate of drug-likeness (QED) is 0.729. The summed E-state index contributed by atoms with van der Waals surface area (Å²) in [5.74, 6) is 0.0879. The average Bonchev–Trinajstić information content (AvgIpc) is 2.99. The molecular weight excluding hydrogens is 343 g/mol. The molecule has 7 heteroatoms. The molecule has 0 unspecified atom stereocenters. The minimum absolute atomic E-state index is 0.126. The summed E-state index contributed by atoms with van der Waals surface area (Å²) in [4.78, 5) is 4.07. The van der Waals surface area contributed by atoms with E-state index in [1.807, 2.05) is 6.07 Å². The number of hydrogen-bond donors (Lipinski definition) is 0. The fourth-order valence-corrected chi connectivity index (χ4v) is 2.33. The Bertz CT molecular complexity index is 781. The van der Waals surface area contributed by atoms with Gasteiger partial charge in [0.1, 0.15) is 11.5 Å². The summed E-state index contributed by atoms with van der Waals surface area (Å²) in [6.45, 7) is 3.89. The van der Waals surface area contributed by atoms with Gasteiger partial charge in [0.05, 0.1) is 11.6 Å². The third-order valence-electron chi connectivity index (χ3n) is 3.09. The minimum atomic E-state index is -3.60. The maximum atomic E-state index is 13.6. The lowest BCUT2D eigenvalue weighted by atomic mass is 10.1. The molecule has 1 heterocycles. The molecule has 2 aromatic rings. The van der Waals surface area contributed by atoms with Gasteiger partial charge in [0.25, 0.3) is 0 Å². The molecule has 0 saturated heterocycles. The van der Waals surface area contributed by atoms with Crippen molar-refractivity contribution < 1.29 is 8.78 Å². The molecule has 118 valence electrons. The van der Waals surface area contributed by atoms with Crippen molar-refractivity contribution in [3.8, 4) is 6.07 Å². The Balaban J connectivity index is 2.46. The number of allylic oxidation sites excluding steroid dienone is 2. The first-order valence-electron chi connectivity index (χ1n) is 6.45. The summed E-state index contributed by atoms with van der Waals surface area (Å²) in [5.41, 5.74) is 1.07. The molecule has 0 saturated carbocycles.